The minimum atomic E-state index is 0.135. The fraction of sp³-hybridized carbons (Fsp3) is 0.500. The number of nitrogens with one attached hydrogen (secondary N) is 1. The summed E-state index contributed by atoms with van der Waals surface area (Å²) in [5.41, 5.74) is 7.55. The lowest BCUT2D eigenvalue weighted by Crippen LogP contribution is -2.34. The molecule has 18 heavy (non-hydrogen) atoms. The van der Waals surface area contributed by atoms with E-state index in [9.17, 15) is 0 Å². The van der Waals surface area contributed by atoms with Gasteiger partial charge in [0, 0.05) is 18.7 Å². The molecule has 1 fully saturated rings. The molecule has 2 rings (SSSR count). The molecule has 1 aromatic rings. The monoisotopic (exact) mass is 247 g/mol. The zero-order chi connectivity index (χ0) is 13.0. The Kier molecular flexibility index (Phi) is 4.33. The van der Waals surface area contributed by atoms with Crippen LogP contribution < -0.4 is 5.73 Å². The van der Waals surface area contributed by atoms with Crippen molar-refractivity contribution in [3.63, 3.8) is 0 Å². The highest BCUT2D eigenvalue weighted by Crippen LogP contribution is 2.19. The third-order valence-electron chi connectivity index (χ3n) is 3.67. The number of aliphatic hydroxyl groups is 1. The molecule has 0 atom stereocenters. The van der Waals surface area contributed by atoms with Gasteiger partial charge in [0.1, 0.15) is 5.84 Å². The highest BCUT2D eigenvalue weighted by Gasteiger charge is 2.19. The normalized spacial score (nSPS) is 17.8. The number of benzene rings is 1. The standard InChI is InChI=1S/C14H21N3O/c15-14(16)13-4-2-1-3-12(13)9-17-7-5-11(10-18)6-8-17/h1-4,11,18H,5-10H2,(H3,15,16). The molecule has 0 bridgehead atoms. The molecule has 1 aliphatic heterocycles. The highest BCUT2D eigenvalue weighted by atomic mass is 16.3. The Morgan fingerprint density at radius 3 is 2.61 bits per heavy atom. The summed E-state index contributed by atoms with van der Waals surface area (Å²) >= 11 is 0. The van der Waals surface area contributed by atoms with Crippen LogP contribution in [0.1, 0.15) is 24.0 Å². The van der Waals surface area contributed by atoms with E-state index in [4.69, 9.17) is 16.2 Å². The Labute approximate surface area is 108 Å². The number of hydrogen-bond acceptors (Lipinski definition) is 3. The molecule has 1 heterocycles. The topological polar surface area (TPSA) is 73.3 Å². The fourth-order valence-corrected chi connectivity index (χ4v) is 2.49. The zero-order valence-corrected chi connectivity index (χ0v) is 10.6. The maximum absolute atomic E-state index is 9.12. The van der Waals surface area contributed by atoms with E-state index in [1.54, 1.807) is 0 Å². The van der Waals surface area contributed by atoms with Crippen LogP contribution in [-0.2, 0) is 6.54 Å². The predicted octanol–water partition coefficient (Wildman–Crippen LogP) is 1.17. The second-order valence-electron chi connectivity index (χ2n) is 4.97. The summed E-state index contributed by atoms with van der Waals surface area (Å²) < 4.78 is 0. The van der Waals surface area contributed by atoms with Crippen molar-refractivity contribution in [3.05, 3.63) is 35.4 Å². The van der Waals surface area contributed by atoms with Crippen molar-refractivity contribution >= 4 is 5.84 Å². The summed E-state index contributed by atoms with van der Waals surface area (Å²) in [7, 11) is 0. The number of amidine groups is 1. The average molecular weight is 247 g/mol. The van der Waals surface area contributed by atoms with Crippen molar-refractivity contribution in [2.75, 3.05) is 19.7 Å². The van der Waals surface area contributed by atoms with Crippen LogP contribution in [0.4, 0.5) is 0 Å². The Hall–Kier alpha value is -1.39. The third-order valence-corrected chi connectivity index (χ3v) is 3.67. The lowest BCUT2D eigenvalue weighted by molar-refractivity contribution is 0.127. The third kappa shape index (κ3) is 3.09. The quantitative estimate of drug-likeness (QED) is 0.552. The molecule has 0 unspecified atom stereocenters. The van der Waals surface area contributed by atoms with Crippen LogP contribution >= 0.6 is 0 Å². The van der Waals surface area contributed by atoms with Crippen LogP contribution in [0.25, 0.3) is 0 Å². The number of aliphatic hydroxyl groups excluding tert-OH is 1. The lowest BCUT2D eigenvalue weighted by Gasteiger charge is -2.31. The molecule has 1 aliphatic rings. The van der Waals surface area contributed by atoms with E-state index in [0.29, 0.717) is 12.5 Å². The first kappa shape index (κ1) is 13.1. The molecule has 0 spiro atoms. The summed E-state index contributed by atoms with van der Waals surface area (Å²) in [5.74, 6) is 0.597. The Morgan fingerprint density at radius 1 is 1.33 bits per heavy atom. The smallest absolute Gasteiger partial charge is 0.123 e. The summed E-state index contributed by atoms with van der Waals surface area (Å²) in [4.78, 5) is 2.37. The molecule has 1 aromatic carbocycles. The van der Waals surface area contributed by atoms with Gasteiger partial charge in [0.05, 0.1) is 0 Å². The number of nitrogens with zero attached hydrogens (tertiary/aromatic N) is 1. The van der Waals surface area contributed by atoms with Crippen molar-refractivity contribution in [3.8, 4) is 0 Å². The highest BCUT2D eigenvalue weighted by molar-refractivity contribution is 5.96. The molecule has 4 heteroatoms. The largest absolute Gasteiger partial charge is 0.396 e. The van der Waals surface area contributed by atoms with E-state index >= 15 is 0 Å². The SMILES string of the molecule is N=C(N)c1ccccc1CN1CCC(CO)CC1. The van der Waals surface area contributed by atoms with Gasteiger partial charge in [-0.05, 0) is 37.4 Å². The summed E-state index contributed by atoms with van der Waals surface area (Å²) in [6.07, 6.45) is 2.11. The van der Waals surface area contributed by atoms with Crippen molar-refractivity contribution < 1.29 is 5.11 Å². The number of rotatable bonds is 4. The van der Waals surface area contributed by atoms with Crippen molar-refractivity contribution in [2.24, 2.45) is 11.7 Å². The summed E-state index contributed by atoms with van der Waals surface area (Å²) in [6.45, 7) is 3.17. The van der Waals surface area contributed by atoms with E-state index in [2.05, 4.69) is 4.90 Å². The molecule has 0 amide bonds. The van der Waals surface area contributed by atoms with E-state index in [-0.39, 0.29) is 5.84 Å². The number of likely N-dealkylation sites (tertiary alicyclic amines) is 1. The summed E-state index contributed by atoms with van der Waals surface area (Å²) in [6, 6.07) is 7.84. The second kappa shape index (κ2) is 5.98. The van der Waals surface area contributed by atoms with Crippen molar-refractivity contribution in [1.29, 1.82) is 5.41 Å². The first-order chi connectivity index (χ1) is 8.70. The Bertz CT molecular complexity index is 411. The zero-order valence-electron chi connectivity index (χ0n) is 10.6. The summed E-state index contributed by atoms with van der Waals surface area (Å²) in [5, 5.41) is 16.7. The molecule has 1 saturated heterocycles. The molecule has 4 nitrogen and oxygen atoms in total. The van der Waals surface area contributed by atoms with Crippen LogP contribution in [0.5, 0.6) is 0 Å². The van der Waals surface area contributed by atoms with Crippen LogP contribution in [0.2, 0.25) is 0 Å². The Morgan fingerprint density at radius 2 is 2.00 bits per heavy atom. The molecule has 0 aliphatic carbocycles. The minimum Gasteiger partial charge on any atom is -0.396 e. The van der Waals surface area contributed by atoms with Gasteiger partial charge >= 0.3 is 0 Å². The molecule has 0 saturated carbocycles. The lowest BCUT2D eigenvalue weighted by atomic mass is 9.97. The maximum Gasteiger partial charge on any atom is 0.123 e. The molecular formula is C14H21N3O. The fourth-order valence-electron chi connectivity index (χ4n) is 2.49. The molecule has 98 valence electrons. The van der Waals surface area contributed by atoms with Crippen LogP contribution in [0, 0.1) is 11.3 Å². The minimum absolute atomic E-state index is 0.135. The average Bonchev–Trinajstić information content (AvgIpc) is 2.40. The van der Waals surface area contributed by atoms with Gasteiger partial charge in [0.2, 0.25) is 0 Å². The van der Waals surface area contributed by atoms with Crippen molar-refractivity contribution in [1.82, 2.24) is 4.90 Å². The van der Waals surface area contributed by atoms with Gasteiger partial charge < -0.3 is 10.8 Å². The van der Waals surface area contributed by atoms with Crippen LogP contribution in [0.3, 0.4) is 0 Å². The van der Waals surface area contributed by atoms with Crippen LogP contribution in [-0.4, -0.2) is 35.5 Å². The van der Waals surface area contributed by atoms with E-state index in [1.165, 1.54) is 0 Å². The number of hydrogen-bond donors (Lipinski definition) is 3. The van der Waals surface area contributed by atoms with E-state index < -0.39 is 0 Å². The molecule has 0 aromatic heterocycles. The van der Waals surface area contributed by atoms with Gasteiger partial charge in [-0.2, -0.15) is 0 Å². The molecular weight excluding hydrogens is 226 g/mol. The predicted molar refractivity (Wildman–Crippen MR) is 72.5 cm³/mol. The Balaban J connectivity index is 2.00. The van der Waals surface area contributed by atoms with Gasteiger partial charge in [0.15, 0.2) is 0 Å². The van der Waals surface area contributed by atoms with Gasteiger partial charge in [-0.1, -0.05) is 24.3 Å². The van der Waals surface area contributed by atoms with Gasteiger partial charge in [-0.15, -0.1) is 0 Å². The molecule has 4 N–H and O–H groups in total. The first-order valence-electron chi connectivity index (χ1n) is 6.46. The van der Waals surface area contributed by atoms with E-state index in [0.717, 1.165) is 43.6 Å². The van der Waals surface area contributed by atoms with E-state index in [1.807, 2.05) is 24.3 Å². The number of nitrogen functional groups attached to an aromatic ring is 1. The van der Waals surface area contributed by atoms with Gasteiger partial charge in [-0.3, -0.25) is 10.3 Å². The first-order valence-corrected chi connectivity index (χ1v) is 6.46. The number of piperidine rings is 1. The second-order valence-corrected chi connectivity index (χ2v) is 4.97. The van der Waals surface area contributed by atoms with Gasteiger partial charge in [0.25, 0.3) is 0 Å². The number of nitrogens with two attached hydrogens (primary N) is 1. The van der Waals surface area contributed by atoms with Gasteiger partial charge in [-0.25, -0.2) is 0 Å². The van der Waals surface area contributed by atoms with Crippen LogP contribution in [0.15, 0.2) is 24.3 Å². The molecule has 0 radical (unpaired) electrons. The van der Waals surface area contributed by atoms with Crippen molar-refractivity contribution in [2.45, 2.75) is 19.4 Å². The maximum atomic E-state index is 9.12.